The fourth-order valence-electron chi connectivity index (χ4n) is 3.42. The van der Waals surface area contributed by atoms with Crippen LogP contribution in [0.15, 0.2) is 35.4 Å². The summed E-state index contributed by atoms with van der Waals surface area (Å²) in [5, 5.41) is 10.1. The molecule has 2 aromatic rings. The fraction of sp³-hybridized carbons (Fsp3) is 0.429. The van der Waals surface area contributed by atoms with E-state index in [0.717, 1.165) is 25.9 Å². The van der Waals surface area contributed by atoms with Gasteiger partial charge >= 0.3 is 0 Å². The van der Waals surface area contributed by atoms with Crippen LogP contribution in [0.3, 0.4) is 0 Å². The summed E-state index contributed by atoms with van der Waals surface area (Å²) < 4.78 is 5.14. The van der Waals surface area contributed by atoms with E-state index in [1.807, 2.05) is 21.7 Å². The monoisotopic (exact) mass is 465 g/mol. The number of hydrogen-bond donors (Lipinski definition) is 2. The first-order valence-corrected chi connectivity index (χ1v) is 11.5. The Kier molecular flexibility index (Phi) is 7.95. The number of nitriles is 1. The first kappa shape index (κ1) is 22.8. The minimum atomic E-state index is -0.426. The van der Waals surface area contributed by atoms with Crippen LogP contribution in [0.2, 0.25) is 10.0 Å². The highest BCUT2D eigenvalue weighted by molar-refractivity contribution is 7.97. The number of nitrogens with two attached hydrogens (primary N) is 1. The number of nitrogens with one attached hydrogen (secondary N) is 1. The average molecular weight is 466 g/mol. The quantitative estimate of drug-likeness (QED) is 0.461. The summed E-state index contributed by atoms with van der Waals surface area (Å²) >= 11 is 13.7. The smallest absolute Gasteiger partial charge is 0.240 e. The van der Waals surface area contributed by atoms with Gasteiger partial charge in [0.25, 0.3) is 0 Å². The number of rotatable bonds is 7. The van der Waals surface area contributed by atoms with E-state index in [9.17, 15) is 10.1 Å². The SMILES string of the molecule is CC1CCN(C(=O)C(CCn2cccc2C#N)NSc2cc(Cl)c(N)cc2Cl)CC1. The van der Waals surface area contributed by atoms with Gasteiger partial charge in [0, 0.05) is 30.7 Å². The molecule has 1 aromatic carbocycles. The summed E-state index contributed by atoms with van der Waals surface area (Å²) in [7, 11) is 0. The van der Waals surface area contributed by atoms with E-state index in [2.05, 4.69) is 17.7 Å². The third kappa shape index (κ3) is 5.64. The lowest BCUT2D eigenvalue weighted by atomic mass is 9.98. The van der Waals surface area contributed by atoms with Gasteiger partial charge in [0.1, 0.15) is 11.8 Å². The molecule has 160 valence electrons. The number of nitrogens with zero attached hydrogens (tertiary/aromatic N) is 3. The van der Waals surface area contributed by atoms with Gasteiger partial charge in [-0.05, 0) is 61.4 Å². The number of likely N-dealkylation sites (tertiary alicyclic amines) is 1. The molecular formula is C21H25Cl2N5OS. The van der Waals surface area contributed by atoms with E-state index in [-0.39, 0.29) is 5.91 Å². The number of benzene rings is 1. The molecule has 0 bridgehead atoms. The van der Waals surface area contributed by atoms with Crippen LogP contribution in [0.4, 0.5) is 5.69 Å². The molecule has 0 radical (unpaired) electrons. The number of carbonyl (C=O) groups is 1. The molecule has 0 spiro atoms. The maximum Gasteiger partial charge on any atom is 0.240 e. The number of nitrogen functional groups attached to an aromatic ring is 1. The first-order valence-electron chi connectivity index (χ1n) is 9.90. The Morgan fingerprint density at radius 2 is 2.10 bits per heavy atom. The molecule has 6 nitrogen and oxygen atoms in total. The van der Waals surface area contributed by atoms with Crippen molar-refractivity contribution in [3.8, 4) is 6.07 Å². The number of hydrogen-bond acceptors (Lipinski definition) is 5. The van der Waals surface area contributed by atoms with Crippen LogP contribution in [0.1, 0.15) is 31.9 Å². The van der Waals surface area contributed by atoms with Gasteiger partial charge in [-0.1, -0.05) is 30.1 Å². The zero-order chi connectivity index (χ0) is 21.7. The molecule has 1 unspecified atom stereocenters. The molecule has 1 aliphatic heterocycles. The summed E-state index contributed by atoms with van der Waals surface area (Å²) in [5.74, 6) is 0.710. The number of halogens is 2. The summed E-state index contributed by atoms with van der Waals surface area (Å²) in [6.45, 7) is 4.31. The van der Waals surface area contributed by atoms with Crippen molar-refractivity contribution >= 4 is 46.7 Å². The van der Waals surface area contributed by atoms with Gasteiger partial charge < -0.3 is 15.2 Å². The standard InChI is InChI=1S/C21H25Cl2N5OS/c1-14-4-8-28(9-5-14)21(29)19(6-10-27-7-2-3-15(27)13-24)26-30-20-12-16(22)18(25)11-17(20)23/h2-3,7,11-12,14,19,26H,4-6,8-10,25H2,1H3. The van der Waals surface area contributed by atoms with Crippen LogP contribution in [0.5, 0.6) is 0 Å². The van der Waals surface area contributed by atoms with Crippen molar-refractivity contribution in [1.82, 2.24) is 14.2 Å². The second-order valence-corrected chi connectivity index (χ2v) is 9.27. The largest absolute Gasteiger partial charge is 0.397 e. The number of aromatic nitrogens is 1. The second kappa shape index (κ2) is 10.5. The summed E-state index contributed by atoms with van der Waals surface area (Å²) in [6.07, 6.45) is 4.43. The van der Waals surface area contributed by atoms with Crippen molar-refractivity contribution < 1.29 is 4.79 Å². The molecule has 0 saturated carbocycles. The van der Waals surface area contributed by atoms with Gasteiger partial charge in [-0.3, -0.25) is 4.79 Å². The van der Waals surface area contributed by atoms with Crippen molar-refractivity contribution in [2.75, 3.05) is 18.8 Å². The van der Waals surface area contributed by atoms with Gasteiger partial charge in [-0.2, -0.15) is 5.26 Å². The van der Waals surface area contributed by atoms with Gasteiger partial charge in [0.05, 0.1) is 21.8 Å². The Labute approximate surface area is 191 Å². The Morgan fingerprint density at radius 3 is 2.80 bits per heavy atom. The van der Waals surface area contributed by atoms with E-state index >= 15 is 0 Å². The predicted octanol–water partition coefficient (Wildman–Crippen LogP) is 4.56. The number of aryl methyl sites for hydroxylation is 1. The van der Waals surface area contributed by atoms with Crippen LogP contribution < -0.4 is 10.5 Å². The lowest BCUT2D eigenvalue weighted by Gasteiger charge is -2.33. The van der Waals surface area contributed by atoms with Crippen LogP contribution >= 0.6 is 35.1 Å². The molecule has 30 heavy (non-hydrogen) atoms. The second-order valence-electron chi connectivity index (χ2n) is 7.57. The molecule has 3 N–H and O–H groups in total. The minimum Gasteiger partial charge on any atom is -0.397 e. The number of amides is 1. The van der Waals surface area contributed by atoms with Crippen LogP contribution in [-0.2, 0) is 11.3 Å². The van der Waals surface area contributed by atoms with Gasteiger partial charge in [-0.25, -0.2) is 4.72 Å². The van der Waals surface area contributed by atoms with E-state index in [0.29, 0.717) is 45.2 Å². The van der Waals surface area contributed by atoms with Crippen LogP contribution in [-0.4, -0.2) is 34.5 Å². The molecule has 1 aromatic heterocycles. The lowest BCUT2D eigenvalue weighted by Crippen LogP contribution is -2.47. The number of anilines is 1. The Hall–Kier alpha value is -1.85. The van der Waals surface area contributed by atoms with Crippen molar-refractivity contribution in [3.05, 3.63) is 46.2 Å². The normalized spacial score (nSPS) is 15.7. The third-order valence-electron chi connectivity index (χ3n) is 5.36. The topological polar surface area (TPSA) is 87.1 Å². The van der Waals surface area contributed by atoms with E-state index < -0.39 is 6.04 Å². The van der Waals surface area contributed by atoms with Crippen molar-refractivity contribution in [3.63, 3.8) is 0 Å². The highest BCUT2D eigenvalue weighted by Gasteiger charge is 2.27. The highest BCUT2D eigenvalue weighted by Crippen LogP contribution is 2.33. The first-order chi connectivity index (χ1) is 14.4. The Morgan fingerprint density at radius 1 is 1.37 bits per heavy atom. The molecule has 1 amide bonds. The van der Waals surface area contributed by atoms with E-state index in [1.165, 1.54) is 11.9 Å². The molecule has 1 saturated heterocycles. The van der Waals surface area contributed by atoms with E-state index in [4.69, 9.17) is 28.9 Å². The predicted molar refractivity (Wildman–Crippen MR) is 122 cm³/mol. The van der Waals surface area contributed by atoms with Gasteiger partial charge in [-0.15, -0.1) is 0 Å². The van der Waals surface area contributed by atoms with Crippen LogP contribution in [0.25, 0.3) is 0 Å². The Bertz CT molecular complexity index is 934. The molecule has 0 aliphatic carbocycles. The molecule has 9 heteroatoms. The number of piperidine rings is 1. The molecule has 1 atom stereocenters. The van der Waals surface area contributed by atoms with Crippen molar-refractivity contribution in [2.45, 2.75) is 43.7 Å². The zero-order valence-corrected chi connectivity index (χ0v) is 19.1. The summed E-state index contributed by atoms with van der Waals surface area (Å²) in [5.41, 5.74) is 6.79. The fourth-order valence-corrected chi connectivity index (χ4v) is 4.76. The Balaban J connectivity index is 1.72. The molecule has 1 aliphatic rings. The average Bonchev–Trinajstić information content (AvgIpc) is 3.19. The molecule has 1 fully saturated rings. The van der Waals surface area contributed by atoms with Gasteiger partial charge in [0.15, 0.2) is 0 Å². The lowest BCUT2D eigenvalue weighted by molar-refractivity contribution is -0.134. The highest BCUT2D eigenvalue weighted by atomic mass is 35.5. The van der Waals surface area contributed by atoms with Gasteiger partial charge in [0.2, 0.25) is 5.91 Å². The van der Waals surface area contributed by atoms with Crippen molar-refractivity contribution in [2.24, 2.45) is 5.92 Å². The van der Waals surface area contributed by atoms with E-state index in [1.54, 1.807) is 18.2 Å². The third-order valence-corrected chi connectivity index (χ3v) is 7.07. The molecular weight excluding hydrogens is 441 g/mol. The zero-order valence-electron chi connectivity index (χ0n) is 16.8. The minimum absolute atomic E-state index is 0.0673. The summed E-state index contributed by atoms with van der Waals surface area (Å²) in [6, 6.07) is 8.65. The molecule has 3 rings (SSSR count). The summed E-state index contributed by atoms with van der Waals surface area (Å²) in [4.78, 5) is 15.9. The number of carbonyl (C=O) groups excluding carboxylic acids is 1. The maximum atomic E-state index is 13.2. The molecule has 2 heterocycles. The maximum absolute atomic E-state index is 13.2. The van der Waals surface area contributed by atoms with Crippen molar-refractivity contribution in [1.29, 1.82) is 5.26 Å². The van der Waals surface area contributed by atoms with Crippen LogP contribution in [0, 0.1) is 17.2 Å².